The van der Waals surface area contributed by atoms with E-state index in [4.69, 9.17) is 4.74 Å². The number of amides is 1. The molecule has 3 N–H and O–H groups in total. The van der Waals surface area contributed by atoms with Crippen molar-refractivity contribution in [3.05, 3.63) is 106 Å². The fourth-order valence-corrected chi connectivity index (χ4v) is 5.05. The molecule has 1 aromatic heterocycles. The van der Waals surface area contributed by atoms with Crippen molar-refractivity contribution in [3.63, 3.8) is 0 Å². The molecule has 0 bridgehead atoms. The normalized spacial score (nSPS) is 20.9. The summed E-state index contributed by atoms with van der Waals surface area (Å²) in [6.07, 6.45) is 7.20. The van der Waals surface area contributed by atoms with Crippen molar-refractivity contribution in [1.29, 1.82) is 0 Å². The lowest BCUT2D eigenvalue weighted by atomic mass is 9.92. The van der Waals surface area contributed by atoms with Gasteiger partial charge in [0.05, 0.1) is 17.8 Å². The van der Waals surface area contributed by atoms with Gasteiger partial charge >= 0.3 is 0 Å². The van der Waals surface area contributed by atoms with E-state index in [2.05, 4.69) is 75.4 Å². The number of hydrogen-bond acceptors (Lipinski definition) is 4. The molecule has 0 spiro atoms. The van der Waals surface area contributed by atoms with Crippen LogP contribution in [-0.2, 0) is 16.1 Å². The van der Waals surface area contributed by atoms with E-state index in [0.717, 1.165) is 65.0 Å². The highest BCUT2D eigenvalue weighted by atomic mass is 16.5. The van der Waals surface area contributed by atoms with Gasteiger partial charge in [-0.3, -0.25) is 9.89 Å². The van der Waals surface area contributed by atoms with E-state index in [0.29, 0.717) is 12.6 Å². The summed E-state index contributed by atoms with van der Waals surface area (Å²) in [5, 5.41) is 15.3. The summed E-state index contributed by atoms with van der Waals surface area (Å²) >= 11 is 0. The number of hydrogen-bond donors (Lipinski definition) is 3. The third-order valence-electron chi connectivity index (χ3n) is 7.18. The maximum absolute atomic E-state index is 12.6. The first-order valence-corrected chi connectivity index (χ1v) is 12.8. The molecular weight excluding hydrogens is 460 g/mol. The molecule has 2 fully saturated rings. The van der Waals surface area contributed by atoms with Gasteiger partial charge in [0.15, 0.2) is 0 Å². The Kier molecular flexibility index (Phi) is 6.67. The topological polar surface area (TPSA) is 79.0 Å². The first-order valence-electron chi connectivity index (χ1n) is 12.8. The first kappa shape index (κ1) is 23.4. The number of benzene rings is 3. The standard InChI is InChI=1S/C31H30N4O2/c36-31-27(28(19-33-31)24-4-2-1-3-5-24)16-23-10-12-26-29(34-35-30(26)17-23)13-11-21-6-8-22(9-7-21)18-32-25-14-15-37-20-25/h1-13,16-17,25,28,32H,14-15,18-20H2,(H,33,36)(H,34,35)/b13-11+,27-16+/t25-,28?/m1/s1. The van der Waals surface area contributed by atoms with Crippen molar-refractivity contribution in [2.24, 2.45) is 0 Å². The van der Waals surface area contributed by atoms with E-state index in [1.807, 2.05) is 36.4 Å². The lowest BCUT2D eigenvalue weighted by molar-refractivity contribution is -0.116. The van der Waals surface area contributed by atoms with Crippen molar-refractivity contribution >= 4 is 35.0 Å². The van der Waals surface area contributed by atoms with Crippen LogP contribution in [0.2, 0.25) is 0 Å². The molecule has 2 saturated heterocycles. The summed E-state index contributed by atoms with van der Waals surface area (Å²) in [7, 11) is 0. The van der Waals surface area contributed by atoms with Gasteiger partial charge in [0.2, 0.25) is 5.91 Å². The van der Waals surface area contributed by atoms with Crippen molar-refractivity contribution in [2.75, 3.05) is 19.8 Å². The molecule has 6 heteroatoms. The van der Waals surface area contributed by atoms with E-state index in [-0.39, 0.29) is 11.8 Å². The number of ether oxygens (including phenoxy) is 1. The average Bonchev–Trinajstić information content (AvgIpc) is 3.68. The van der Waals surface area contributed by atoms with Crippen molar-refractivity contribution in [2.45, 2.75) is 24.9 Å². The lowest BCUT2D eigenvalue weighted by Gasteiger charge is -2.10. The first-order chi connectivity index (χ1) is 18.2. The van der Waals surface area contributed by atoms with Gasteiger partial charge in [-0.05, 0) is 53.0 Å². The average molecular weight is 491 g/mol. The summed E-state index contributed by atoms with van der Waals surface area (Å²) in [5.74, 6) is 0.0556. The van der Waals surface area contributed by atoms with Crippen LogP contribution in [0.1, 0.15) is 40.3 Å². The molecule has 3 heterocycles. The van der Waals surface area contributed by atoms with Gasteiger partial charge < -0.3 is 15.4 Å². The van der Waals surface area contributed by atoms with Gasteiger partial charge in [0.1, 0.15) is 0 Å². The number of rotatable bonds is 7. The molecule has 2 aliphatic heterocycles. The van der Waals surface area contributed by atoms with E-state index >= 15 is 0 Å². The Morgan fingerprint density at radius 1 is 1.00 bits per heavy atom. The number of aromatic nitrogens is 2. The third kappa shape index (κ3) is 5.26. The Morgan fingerprint density at radius 2 is 1.84 bits per heavy atom. The van der Waals surface area contributed by atoms with Gasteiger partial charge in [-0.15, -0.1) is 0 Å². The molecular formula is C31H30N4O2. The smallest absolute Gasteiger partial charge is 0.247 e. The van der Waals surface area contributed by atoms with Crippen molar-refractivity contribution in [1.82, 2.24) is 20.8 Å². The zero-order valence-corrected chi connectivity index (χ0v) is 20.6. The zero-order valence-electron chi connectivity index (χ0n) is 20.6. The van der Waals surface area contributed by atoms with Crippen LogP contribution in [-0.4, -0.2) is 41.9 Å². The van der Waals surface area contributed by atoms with Crippen LogP contribution in [0.3, 0.4) is 0 Å². The van der Waals surface area contributed by atoms with Crippen LogP contribution in [0.15, 0.2) is 78.4 Å². The molecule has 2 atom stereocenters. The van der Waals surface area contributed by atoms with E-state index in [1.165, 1.54) is 5.56 Å². The Morgan fingerprint density at radius 3 is 2.65 bits per heavy atom. The summed E-state index contributed by atoms with van der Waals surface area (Å²) < 4.78 is 5.42. The minimum Gasteiger partial charge on any atom is -0.380 e. The van der Waals surface area contributed by atoms with E-state index in [9.17, 15) is 4.79 Å². The molecule has 3 aromatic carbocycles. The Labute approximate surface area is 216 Å². The SMILES string of the molecule is O=C1NCC(c2ccccc2)/C1=C\c1ccc2c(/C=C/c3ccc(CN[C@@H]4CCOC4)cc3)n[nH]c2c1. The maximum Gasteiger partial charge on any atom is 0.247 e. The molecule has 2 aliphatic rings. The summed E-state index contributed by atoms with van der Waals surface area (Å²) in [5.41, 5.74) is 7.15. The molecule has 0 aliphatic carbocycles. The highest BCUT2D eigenvalue weighted by Gasteiger charge is 2.29. The van der Waals surface area contributed by atoms with Crippen LogP contribution >= 0.6 is 0 Å². The van der Waals surface area contributed by atoms with E-state index in [1.54, 1.807) is 0 Å². The maximum atomic E-state index is 12.6. The van der Waals surface area contributed by atoms with Crippen LogP contribution < -0.4 is 10.6 Å². The summed E-state index contributed by atoms with van der Waals surface area (Å²) in [4.78, 5) is 12.6. The predicted octanol–water partition coefficient (Wildman–Crippen LogP) is 4.91. The third-order valence-corrected chi connectivity index (χ3v) is 7.18. The second kappa shape index (κ2) is 10.5. The second-order valence-electron chi connectivity index (χ2n) is 9.70. The van der Waals surface area contributed by atoms with Gasteiger partial charge in [-0.25, -0.2) is 0 Å². The summed E-state index contributed by atoms with van der Waals surface area (Å²) in [6, 6.07) is 25.4. The quantitative estimate of drug-likeness (QED) is 0.322. The van der Waals surface area contributed by atoms with Gasteiger partial charge in [-0.1, -0.05) is 66.7 Å². The number of carbonyl (C=O) groups excluding carboxylic acids is 1. The Hall–Kier alpha value is -4.00. The number of fused-ring (bicyclic) bond motifs is 1. The van der Waals surface area contributed by atoms with Crippen LogP contribution in [0.25, 0.3) is 29.1 Å². The van der Waals surface area contributed by atoms with Crippen LogP contribution in [0, 0.1) is 0 Å². The fourth-order valence-electron chi connectivity index (χ4n) is 5.05. The zero-order chi connectivity index (χ0) is 25.0. The molecule has 1 unspecified atom stereocenters. The summed E-state index contributed by atoms with van der Waals surface area (Å²) in [6.45, 7) is 3.15. The minimum absolute atomic E-state index is 0.00321. The lowest BCUT2D eigenvalue weighted by Crippen LogP contribution is -2.28. The van der Waals surface area contributed by atoms with Gasteiger partial charge in [-0.2, -0.15) is 5.10 Å². The molecule has 186 valence electrons. The highest BCUT2D eigenvalue weighted by Crippen LogP contribution is 2.30. The molecule has 6 rings (SSSR count). The minimum atomic E-state index is -0.00321. The molecule has 37 heavy (non-hydrogen) atoms. The monoisotopic (exact) mass is 490 g/mol. The largest absolute Gasteiger partial charge is 0.380 e. The molecule has 0 saturated carbocycles. The number of carbonyl (C=O) groups is 1. The molecule has 4 aromatic rings. The second-order valence-corrected chi connectivity index (χ2v) is 9.70. The van der Waals surface area contributed by atoms with Crippen LogP contribution in [0.4, 0.5) is 0 Å². The Bertz CT molecular complexity index is 1450. The van der Waals surface area contributed by atoms with Crippen molar-refractivity contribution < 1.29 is 9.53 Å². The van der Waals surface area contributed by atoms with Crippen LogP contribution in [0.5, 0.6) is 0 Å². The number of H-pyrrole nitrogens is 1. The number of nitrogens with one attached hydrogen (secondary N) is 3. The molecule has 1 amide bonds. The predicted molar refractivity (Wildman–Crippen MR) is 148 cm³/mol. The highest BCUT2D eigenvalue weighted by molar-refractivity contribution is 6.02. The molecule has 6 nitrogen and oxygen atoms in total. The fraction of sp³-hybridized carbons (Fsp3) is 0.226. The Balaban J connectivity index is 1.16. The van der Waals surface area contributed by atoms with Gasteiger partial charge in [0, 0.05) is 42.6 Å². The van der Waals surface area contributed by atoms with E-state index < -0.39 is 0 Å². The molecule has 0 radical (unpaired) electrons. The number of aromatic amines is 1. The van der Waals surface area contributed by atoms with Gasteiger partial charge in [0.25, 0.3) is 0 Å². The number of nitrogens with zero attached hydrogens (tertiary/aromatic N) is 1. The van der Waals surface area contributed by atoms with Crippen molar-refractivity contribution in [3.8, 4) is 0 Å².